The van der Waals surface area contributed by atoms with Crippen molar-refractivity contribution in [3.8, 4) is 0 Å². The Bertz CT molecular complexity index is 1400. The summed E-state index contributed by atoms with van der Waals surface area (Å²) in [5, 5.41) is 11.0. The molecule has 0 saturated carbocycles. The molecule has 11 heteroatoms. The number of benzene rings is 2. The van der Waals surface area contributed by atoms with Crippen LogP contribution in [0.25, 0.3) is 10.2 Å². The van der Waals surface area contributed by atoms with Crippen LogP contribution in [-0.2, 0) is 17.1 Å². The van der Waals surface area contributed by atoms with Crippen molar-refractivity contribution in [2.45, 2.75) is 25.2 Å². The van der Waals surface area contributed by atoms with E-state index in [0.717, 1.165) is 11.9 Å². The molecule has 9 nitrogen and oxygen atoms in total. The van der Waals surface area contributed by atoms with Gasteiger partial charge in [-0.1, -0.05) is 25.2 Å². The Labute approximate surface area is 195 Å². The lowest BCUT2D eigenvalue weighted by Crippen LogP contribution is -2.42. The summed E-state index contributed by atoms with van der Waals surface area (Å²) in [5.74, 6) is 0.0779. The molecule has 2 atom stereocenters. The SMILES string of the molecule is C[C@@H]1C[C@H](C)CN(S(=O)(=O)c2ccc(C(=O)N=c3sc4cc([N+](=O)[O-])ccc4n3C)cc2)C1. The van der Waals surface area contributed by atoms with E-state index in [2.05, 4.69) is 4.99 Å². The molecule has 174 valence electrons. The van der Waals surface area contributed by atoms with Gasteiger partial charge in [-0.2, -0.15) is 9.30 Å². The van der Waals surface area contributed by atoms with E-state index < -0.39 is 20.9 Å². The molecule has 1 amide bonds. The minimum Gasteiger partial charge on any atom is -0.319 e. The summed E-state index contributed by atoms with van der Waals surface area (Å²) >= 11 is 1.17. The molecule has 2 aromatic carbocycles. The number of amides is 1. The fraction of sp³-hybridized carbons (Fsp3) is 0.364. The van der Waals surface area contributed by atoms with E-state index in [1.165, 1.54) is 52.0 Å². The first-order chi connectivity index (χ1) is 15.6. The van der Waals surface area contributed by atoms with Crippen molar-refractivity contribution < 1.29 is 18.1 Å². The molecular weight excluding hydrogens is 464 g/mol. The molecule has 1 fully saturated rings. The molecular formula is C22H24N4O5S2. The Hall–Kier alpha value is -2.89. The predicted octanol–water partition coefficient (Wildman–Crippen LogP) is 3.56. The van der Waals surface area contributed by atoms with Gasteiger partial charge in [0.25, 0.3) is 11.6 Å². The lowest BCUT2D eigenvalue weighted by Gasteiger charge is -2.34. The van der Waals surface area contributed by atoms with Crippen LogP contribution in [0.5, 0.6) is 0 Å². The van der Waals surface area contributed by atoms with Gasteiger partial charge in [-0.25, -0.2) is 8.42 Å². The van der Waals surface area contributed by atoms with Crippen LogP contribution in [0.3, 0.4) is 0 Å². The number of fused-ring (bicyclic) bond motifs is 1. The molecule has 1 aromatic heterocycles. The zero-order valence-electron chi connectivity index (χ0n) is 18.5. The number of carbonyl (C=O) groups excluding carboxylic acids is 1. The van der Waals surface area contributed by atoms with E-state index in [4.69, 9.17) is 0 Å². The van der Waals surface area contributed by atoms with Crippen molar-refractivity contribution >= 4 is 43.2 Å². The van der Waals surface area contributed by atoms with Crippen molar-refractivity contribution in [3.05, 3.63) is 62.9 Å². The van der Waals surface area contributed by atoms with Crippen molar-refractivity contribution in [2.75, 3.05) is 13.1 Å². The molecule has 0 spiro atoms. The summed E-state index contributed by atoms with van der Waals surface area (Å²) in [4.78, 5) is 28.0. The lowest BCUT2D eigenvalue weighted by molar-refractivity contribution is -0.384. The summed E-state index contributed by atoms with van der Waals surface area (Å²) in [6.45, 7) is 5.08. The molecule has 4 rings (SSSR count). The number of nitro groups is 1. The van der Waals surface area contributed by atoms with Crippen molar-refractivity contribution in [1.29, 1.82) is 0 Å². The average molecular weight is 489 g/mol. The van der Waals surface area contributed by atoms with Crippen LogP contribution in [-0.4, -0.2) is 41.2 Å². The summed E-state index contributed by atoms with van der Waals surface area (Å²) in [6, 6.07) is 10.3. The molecule has 0 N–H and O–H groups in total. The van der Waals surface area contributed by atoms with Crippen molar-refractivity contribution in [1.82, 2.24) is 8.87 Å². The van der Waals surface area contributed by atoms with Gasteiger partial charge in [-0.3, -0.25) is 14.9 Å². The predicted molar refractivity (Wildman–Crippen MR) is 125 cm³/mol. The molecule has 0 bridgehead atoms. The Morgan fingerprint density at radius 2 is 1.76 bits per heavy atom. The van der Waals surface area contributed by atoms with Crippen LogP contribution in [0.15, 0.2) is 52.4 Å². The van der Waals surface area contributed by atoms with Gasteiger partial charge in [0.05, 0.1) is 20.0 Å². The van der Waals surface area contributed by atoms with Crippen LogP contribution in [0.1, 0.15) is 30.6 Å². The Balaban J connectivity index is 1.61. The maximum absolute atomic E-state index is 13.0. The van der Waals surface area contributed by atoms with Crippen molar-refractivity contribution in [2.24, 2.45) is 23.9 Å². The lowest BCUT2D eigenvalue weighted by atomic mass is 9.94. The Morgan fingerprint density at radius 1 is 1.12 bits per heavy atom. The number of nitrogens with zero attached hydrogens (tertiary/aromatic N) is 4. The highest BCUT2D eigenvalue weighted by Crippen LogP contribution is 2.27. The second kappa shape index (κ2) is 8.81. The number of aromatic nitrogens is 1. The second-order valence-electron chi connectivity index (χ2n) is 8.56. The van der Waals surface area contributed by atoms with Gasteiger partial charge in [0.15, 0.2) is 4.80 Å². The number of carbonyl (C=O) groups is 1. The molecule has 0 aliphatic carbocycles. The third kappa shape index (κ3) is 4.61. The van der Waals surface area contributed by atoms with E-state index >= 15 is 0 Å². The quantitative estimate of drug-likeness (QED) is 0.411. The number of nitro benzene ring substituents is 1. The first kappa shape index (κ1) is 23.3. The van der Waals surface area contributed by atoms with Gasteiger partial charge in [-0.05, 0) is 48.6 Å². The second-order valence-corrected chi connectivity index (χ2v) is 11.5. The Morgan fingerprint density at radius 3 is 2.36 bits per heavy atom. The van der Waals surface area contributed by atoms with Gasteiger partial charge in [0.1, 0.15) is 0 Å². The Kier molecular flexibility index (Phi) is 6.21. The molecule has 1 aliphatic heterocycles. The molecule has 3 aromatic rings. The highest BCUT2D eigenvalue weighted by atomic mass is 32.2. The summed E-state index contributed by atoms with van der Waals surface area (Å²) < 4.78 is 29.9. The van der Waals surface area contributed by atoms with Gasteiger partial charge < -0.3 is 4.57 Å². The topological polar surface area (TPSA) is 115 Å². The van der Waals surface area contributed by atoms with E-state index in [1.807, 2.05) is 13.8 Å². The number of aryl methyl sites for hydroxylation is 1. The molecule has 0 radical (unpaired) electrons. The normalized spacial score (nSPS) is 20.3. The number of hydrogen-bond donors (Lipinski definition) is 0. The van der Waals surface area contributed by atoms with Gasteiger partial charge in [0.2, 0.25) is 10.0 Å². The third-order valence-corrected chi connectivity index (χ3v) is 8.72. The van der Waals surface area contributed by atoms with Crippen LogP contribution in [0.4, 0.5) is 5.69 Å². The van der Waals surface area contributed by atoms with Crippen molar-refractivity contribution in [3.63, 3.8) is 0 Å². The zero-order chi connectivity index (χ0) is 23.9. The van der Waals surface area contributed by atoms with E-state index in [1.54, 1.807) is 17.7 Å². The van der Waals surface area contributed by atoms with Crippen LogP contribution < -0.4 is 4.80 Å². The molecule has 1 saturated heterocycles. The number of rotatable bonds is 4. The molecule has 0 unspecified atom stereocenters. The monoisotopic (exact) mass is 488 g/mol. The standard InChI is InChI=1S/C22H24N4O5S2/c1-14-10-15(2)13-25(12-14)33(30,31)18-7-4-16(5-8-18)21(27)23-22-24(3)19-9-6-17(26(28)29)11-20(19)32-22/h4-9,11,14-15H,10,12-13H2,1-3H3/t14-,15+. The molecule has 1 aliphatic rings. The van der Waals surface area contributed by atoms with E-state index in [0.29, 0.717) is 34.4 Å². The highest BCUT2D eigenvalue weighted by molar-refractivity contribution is 7.89. The third-order valence-electron chi connectivity index (χ3n) is 5.78. The molecule has 33 heavy (non-hydrogen) atoms. The minimum atomic E-state index is -3.63. The highest BCUT2D eigenvalue weighted by Gasteiger charge is 2.31. The van der Waals surface area contributed by atoms with Gasteiger partial charge in [-0.15, -0.1) is 0 Å². The van der Waals surface area contributed by atoms with Crippen LogP contribution in [0, 0.1) is 22.0 Å². The average Bonchev–Trinajstić information content (AvgIpc) is 3.07. The van der Waals surface area contributed by atoms with Crippen LogP contribution in [0.2, 0.25) is 0 Å². The fourth-order valence-electron chi connectivity index (χ4n) is 4.21. The molecule has 2 heterocycles. The summed E-state index contributed by atoms with van der Waals surface area (Å²) in [6.07, 6.45) is 1.00. The van der Waals surface area contributed by atoms with E-state index in [-0.39, 0.29) is 16.1 Å². The number of hydrogen-bond acceptors (Lipinski definition) is 6. The maximum atomic E-state index is 13.0. The van der Waals surface area contributed by atoms with Gasteiger partial charge in [0, 0.05) is 37.8 Å². The first-order valence-corrected chi connectivity index (χ1v) is 12.7. The minimum absolute atomic E-state index is 0.0310. The number of sulfonamides is 1. The van der Waals surface area contributed by atoms with Gasteiger partial charge >= 0.3 is 0 Å². The smallest absolute Gasteiger partial charge is 0.279 e. The zero-order valence-corrected chi connectivity index (χ0v) is 20.1. The van der Waals surface area contributed by atoms with Crippen LogP contribution >= 0.6 is 11.3 Å². The summed E-state index contributed by atoms with van der Waals surface area (Å²) in [7, 11) is -1.90. The number of thiazole rings is 1. The number of non-ortho nitro benzene ring substituents is 1. The maximum Gasteiger partial charge on any atom is 0.279 e. The summed E-state index contributed by atoms with van der Waals surface area (Å²) in [5.41, 5.74) is 0.956. The fourth-order valence-corrected chi connectivity index (χ4v) is 6.94. The first-order valence-electron chi connectivity index (χ1n) is 10.5. The van der Waals surface area contributed by atoms with E-state index in [9.17, 15) is 23.3 Å². The number of piperidine rings is 1. The largest absolute Gasteiger partial charge is 0.319 e.